The Balaban J connectivity index is 1.89. The molecule has 0 atom stereocenters. The van der Waals surface area contributed by atoms with E-state index in [9.17, 15) is 19.7 Å². The number of nitrogens with zero attached hydrogens (tertiary/aromatic N) is 1. The number of nitro groups is 1. The number of amides is 1. The summed E-state index contributed by atoms with van der Waals surface area (Å²) in [5, 5.41) is 13.4. The number of non-ortho nitro benzene ring substituents is 1. The van der Waals surface area contributed by atoms with Crippen molar-refractivity contribution >= 4 is 23.3 Å². The third-order valence-corrected chi connectivity index (χ3v) is 4.21. The Morgan fingerprint density at radius 3 is 2.48 bits per heavy atom. The highest BCUT2D eigenvalue weighted by Gasteiger charge is 2.14. The van der Waals surface area contributed by atoms with Gasteiger partial charge in [0.2, 0.25) is 0 Å². The van der Waals surface area contributed by atoms with Gasteiger partial charge in [0.05, 0.1) is 10.6 Å². The molecule has 0 radical (unpaired) electrons. The van der Waals surface area contributed by atoms with Gasteiger partial charge in [-0.15, -0.1) is 0 Å². The van der Waals surface area contributed by atoms with E-state index in [1.54, 1.807) is 6.92 Å². The largest absolute Gasteiger partial charge is 0.482 e. The molecule has 2 aromatic rings. The van der Waals surface area contributed by atoms with Crippen LogP contribution in [0.5, 0.6) is 5.75 Å². The average Bonchev–Trinajstić information content (AvgIpc) is 2.66. The lowest BCUT2D eigenvalue weighted by Crippen LogP contribution is -2.24. The molecule has 2 rings (SSSR count). The minimum absolute atomic E-state index is 0.143. The first kappa shape index (κ1) is 21.9. The molecule has 0 saturated carbocycles. The van der Waals surface area contributed by atoms with Crippen molar-refractivity contribution in [3.63, 3.8) is 0 Å². The van der Waals surface area contributed by atoms with Crippen molar-refractivity contribution in [2.75, 3.05) is 18.5 Å². The molecular formula is C21H24N2O6. The zero-order chi connectivity index (χ0) is 21.6. The van der Waals surface area contributed by atoms with Gasteiger partial charge in [-0.25, -0.2) is 4.79 Å². The predicted molar refractivity (Wildman–Crippen MR) is 108 cm³/mol. The molecule has 0 aliphatic carbocycles. The van der Waals surface area contributed by atoms with E-state index in [0.717, 1.165) is 11.1 Å². The molecule has 1 N–H and O–H groups in total. The van der Waals surface area contributed by atoms with Gasteiger partial charge < -0.3 is 14.8 Å². The van der Waals surface area contributed by atoms with Crippen molar-refractivity contribution < 1.29 is 24.0 Å². The summed E-state index contributed by atoms with van der Waals surface area (Å²) in [5.74, 6) is -0.452. The zero-order valence-corrected chi connectivity index (χ0v) is 16.9. The first-order valence-corrected chi connectivity index (χ1v) is 9.11. The number of hydrogen-bond acceptors (Lipinski definition) is 6. The second-order valence-electron chi connectivity index (χ2n) is 6.95. The Morgan fingerprint density at radius 2 is 1.83 bits per heavy atom. The summed E-state index contributed by atoms with van der Waals surface area (Å²) in [4.78, 5) is 34.2. The van der Waals surface area contributed by atoms with Gasteiger partial charge in [-0.05, 0) is 42.5 Å². The van der Waals surface area contributed by atoms with Crippen LogP contribution in [0.4, 0.5) is 11.4 Å². The number of ether oxygens (including phenoxy) is 2. The highest BCUT2D eigenvalue weighted by atomic mass is 16.6. The number of esters is 1. The summed E-state index contributed by atoms with van der Waals surface area (Å²) in [5.41, 5.74) is 2.78. The van der Waals surface area contributed by atoms with Gasteiger partial charge in [-0.3, -0.25) is 14.9 Å². The van der Waals surface area contributed by atoms with Crippen LogP contribution in [0.15, 0.2) is 36.4 Å². The highest BCUT2D eigenvalue weighted by molar-refractivity contribution is 5.93. The van der Waals surface area contributed by atoms with Crippen LogP contribution in [0.25, 0.3) is 0 Å². The van der Waals surface area contributed by atoms with Crippen molar-refractivity contribution in [3.05, 3.63) is 63.2 Å². The van der Waals surface area contributed by atoms with Crippen molar-refractivity contribution in [1.82, 2.24) is 0 Å². The summed E-state index contributed by atoms with van der Waals surface area (Å²) in [6.45, 7) is 6.83. The summed E-state index contributed by atoms with van der Waals surface area (Å²) in [7, 11) is 0. The monoisotopic (exact) mass is 400 g/mol. The van der Waals surface area contributed by atoms with Crippen LogP contribution in [0, 0.1) is 24.0 Å². The Kier molecular flexibility index (Phi) is 7.30. The molecule has 1 amide bonds. The first-order valence-electron chi connectivity index (χ1n) is 9.11. The molecule has 0 saturated heterocycles. The van der Waals surface area contributed by atoms with Crippen molar-refractivity contribution in [3.8, 4) is 5.75 Å². The van der Waals surface area contributed by atoms with Crippen molar-refractivity contribution in [2.45, 2.75) is 33.6 Å². The molecular weight excluding hydrogens is 376 g/mol. The van der Waals surface area contributed by atoms with Gasteiger partial charge in [0.1, 0.15) is 5.75 Å². The normalized spacial score (nSPS) is 10.5. The third-order valence-electron chi connectivity index (χ3n) is 4.21. The van der Waals surface area contributed by atoms with E-state index < -0.39 is 23.4 Å². The Labute approximate surface area is 169 Å². The topological polar surface area (TPSA) is 108 Å². The number of carbonyl (C=O) groups excluding carboxylic acids is 2. The zero-order valence-electron chi connectivity index (χ0n) is 16.9. The molecule has 0 unspecified atom stereocenters. The number of hydrogen-bond donors (Lipinski definition) is 1. The van der Waals surface area contributed by atoms with E-state index >= 15 is 0 Å². The molecule has 0 aliphatic rings. The molecule has 0 heterocycles. The van der Waals surface area contributed by atoms with Gasteiger partial charge >= 0.3 is 5.97 Å². The maximum atomic E-state index is 12.0. The maximum Gasteiger partial charge on any atom is 0.344 e. The first-order chi connectivity index (χ1) is 13.7. The number of benzene rings is 2. The Hall–Kier alpha value is -3.42. The minimum Gasteiger partial charge on any atom is -0.482 e. The molecule has 8 heteroatoms. The van der Waals surface area contributed by atoms with E-state index in [2.05, 4.69) is 5.32 Å². The Morgan fingerprint density at radius 1 is 1.10 bits per heavy atom. The number of rotatable bonds is 8. The fraction of sp³-hybridized carbons (Fsp3) is 0.333. The molecule has 8 nitrogen and oxygen atoms in total. The molecule has 0 bridgehead atoms. The summed E-state index contributed by atoms with van der Waals surface area (Å²) in [6, 6.07) is 9.90. The smallest absolute Gasteiger partial charge is 0.344 e. The standard InChI is InChI=1S/C21H24N2O6/c1-13(2)17-8-5-14(3)9-19(17)28-12-21(25)29-11-20(24)22-18-10-16(23(26)27)7-6-15(18)4/h5-10,13H,11-12H2,1-4H3,(H,22,24). The molecule has 29 heavy (non-hydrogen) atoms. The number of nitro benzene ring substituents is 1. The van der Waals surface area contributed by atoms with Crippen molar-refractivity contribution in [1.29, 1.82) is 0 Å². The number of aryl methyl sites for hydroxylation is 2. The molecule has 0 aromatic heterocycles. The van der Waals surface area contributed by atoms with Crippen LogP contribution >= 0.6 is 0 Å². The summed E-state index contributed by atoms with van der Waals surface area (Å²) >= 11 is 0. The van der Waals surface area contributed by atoms with Crippen LogP contribution < -0.4 is 10.1 Å². The molecule has 0 fully saturated rings. The highest BCUT2D eigenvalue weighted by Crippen LogP contribution is 2.27. The Bertz CT molecular complexity index is 923. The van der Waals surface area contributed by atoms with Crippen LogP contribution in [-0.2, 0) is 14.3 Å². The summed E-state index contributed by atoms with van der Waals surface area (Å²) in [6.07, 6.45) is 0. The third kappa shape index (κ3) is 6.31. The van der Waals surface area contributed by atoms with Crippen molar-refractivity contribution in [2.24, 2.45) is 0 Å². The molecule has 0 aliphatic heterocycles. The van der Waals surface area contributed by atoms with Crippen LogP contribution in [0.2, 0.25) is 0 Å². The quantitative estimate of drug-likeness (QED) is 0.409. The molecule has 0 spiro atoms. The molecule has 2 aromatic carbocycles. The number of carbonyl (C=O) groups is 2. The second-order valence-corrected chi connectivity index (χ2v) is 6.95. The van der Waals surface area contributed by atoms with Gasteiger partial charge in [0.15, 0.2) is 13.2 Å². The van der Waals surface area contributed by atoms with Gasteiger partial charge in [0, 0.05) is 12.1 Å². The lowest BCUT2D eigenvalue weighted by molar-refractivity contribution is -0.384. The van der Waals surface area contributed by atoms with Crippen LogP contribution in [0.1, 0.15) is 36.5 Å². The fourth-order valence-electron chi connectivity index (χ4n) is 2.61. The minimum atomic E-state index is -0.688. The van der Waals surface area contributed by atoms with E-state index in [-0.39, 0.29) is 23.9 Å². The van der Waals surface area contributed by atoms with Gasteiger partial charge in [0.25, 0.3) is 11.6 Å². The fourth-order valence-corrected chi connectivity index (χ4v) is 2.61. The van der Waals surface area contributed by atoms with E-state index in [0.29, 0.717) is 11.3 Å². The van der Waals surface area contributed by atoms with E-state index in [4.69, 9.17) is 9.47 Å². The van der Waals surface area contributed by atoms with Crippen LogP contribution in [0.3, 0.4) is 0 Å². The predicted octanol–water partition coefficient (Wildman–Crippen LogP) is 3.90. The van der Waals surface area contributed by atoms with Gasteiger partial charge in [-0.1, -0.05) is 32.0 Å². The van der Waals surface area contributed by atoms with Gasteiger partial charge in [-0.2, -0.15) is 0 Å². The lowest BCUT2D eigenvalue weighted by Gasteiger charge is -2.14. The summed E-state index contributed by atoms with van der Waals surface area (Å²) < 4.78 is 10.5. The van der Waals surface area contributed by atoms with E-state index in [1.807, 2.05) is 39.0 Å². The second kappa shape index (κ2) is 9.68. The molecule has 154 valence electrons. The lowest BCUT2D eigenvalue weighted by atomic mass is 10.0. The average molecular weight is 400 g/mol. The number of nitrogens with one attached hydrogen (secondary N) is 1. The maximum absolute atomic E-state index is 12.0. The SMILES string of the molecule is Cc1ccc(C(C)C)c(OCC(=O)OCC(=O)Nc2cc([N+](=O)[O-])ccc2C)c1. The number of anilines is 1. The van der Waals surface area contributed by atoms with E-state index in [1.165, 1.54) is 18.2 Å². The van der Waals surface area contributed by atoms with Crippen LogP contribution in [-0.4, -0.2) is 30.0 Å².